The minimum atomic E-state index is -4.55. The van der Waals surface area contributed by atoms with Gasteiger partial charge >= 0.3 is 6.36 Å². The van der Waals surface area contributed by atoms with Crippen LogP contribution in [0.1, 0.15) is 46.0 Å². The minimum absolute atomic E-state index is 0.143. The van der Waals surface area contributed by atoms with Crippen molar-refractivity contribution < 1.29 is 17.9 Å². The maximum atomic E-state index is 12.1. The Hall–Kier alpha value is -0.330. The molecule has 1 aliphatic rings. The second-order valence-corrected chi connectivity index (χ2v) is 5.65. The van der Waals surface area contributed by atoms with Gasteiger partial charge in [0.1, 0.15) is 0 Å². The summed E-state index contributed by atoms with van der Waals surface area (Å²) >= 11 is 0. The molecule has 0 aromatic carbocycles. The van der Waals surface area contributed by atoms with Crippen LogP contribution in [0.15, 0.2) is 0 Å². The molecular weight excluding hydrogens is 269 g/mol. The van der Waals surface area contributed by atoms with Gasteiger partial charge in [0.15, 0.2) is 0 Å². The van der Waals surface area contributed by atoms with Crippen LogP contribution in [-0.2, 0) is 4.74 Å². The summed E-state index contributed by atoms with van der Waals surface area (Å²) in [4.78, 5) is 2.07. The number of nitrogens with two attached hydrogens (primary N) is 1. The Morgan fingerprint density at radius 1 is 1.25 bits per heavy atom. The normalized spacial score (nSPS) is 28.1. The lowest BCUT2D eigenvalue weighted by atomic mass is 9.74. The van der Waals surface area contributed by atoms with Gasteiger partial charge in [-0.05, 0) is 38.1 Å². The summed E-state index contributed by atoms with van der Waals surface area (Å²) in [5.41, 5.74) is 5.81. The van der Waals surface area contributed by atoms with Crippen LogP contribution in [0.2, 0.25) is 0 Å². The number of rotatable bonds is 7. The van der Waals surface area contributed by atoms with Gasteiger partial charge in [0.05, 0.1) is 6.61 Å². The lowest BCUT2D eigenvalue weighted by Crippen LogP contribution is -2.56. The van der Waals surface area contributed by atoms with Crippen molar-refractivity contribution in [2.75, 3.05) is 26.2 Å². The van der Waals surface area contributed by atoms with Crippen molar-refractivity contribution in [2.24, 2.45) is 11.7 Å². The molecule has 120 valence electrons. The largest absolute Gasteiger partial charge is 0.522 e. The van der Waals surface area contributed by atoms with Gasteiger partial charge in [-0.15, -0.1) is 13.2 Å². The monoisotopic (exact) mass is 296 g/mol. The highest BCUT2D eigenvalue weighted by molar-refractivity contribution is 4.95. The Morgan fingerprint density at radius 2 is 1.85 bits per heavy atom. The molecule has 0 heterocycles. The quantitative estimate of drug-likeness (QED) is 0.784. The van der Waals surface area contributed by atoms with E-state index in [4.69, 9.17) is 5.73 Å². The van der Waals surface area contributed by atoms with Crippen molar-refractivity contribution in [1.29, 1.82) is 0 Å². The van der Waals surface area contributed by atoms with E-state index in [1.54, 1.807) is 0 Å². The predicted molar refractivity (Wildman–Crippen MR) is 73.3 cm³/mol. The molecule has 0 aromatic rings. The number of hydrogen-bond donors (Lipinski definition) is 1. The topological polar surface area (TPSA) is 38.5 Å². The Bertz CT molecular complexity index is 276. The molecule has 2 N–H and O–H groups in total. The molecule has 1 rings (SSSR count). The van der Waals surface area contributed by atoms with E-state index in [1.165, 1.54) is 6.42 Å². The number of halogens is 3. The molecule has 1 fully saturated rings. The van der Waals surface area contributed by atoms with Crippen molar-refractivity contribution in [1.82, 2.24) is 4.90 Å². The van der Waals surface area contributed by atoms with E-state index in [0.717, 1.165) is 31.6 Å². The highest BCUT2D eigenvalue weighted by Gasteiger charge is 2.38. The van der Waals surface area contributed by atoms with Crippen LogP contribution in [0.4, 0.5) is 13.2 Å². The third-order valence-electron chi connectivity index (χ3n) is 4.67. The maximum absolute atomic E-state index is 12.1. The third kappa shape index (κ3) is 4.90. The van der Waals surface area contributed by atoms with Crippen LogP contribution >= 0.6 is 0 Å². The Morgan fingerprint density at radius 3 is 2.25 bits per heavy atom. The summed E-state index contributed by atoms with van der Waals surface area (Å²) in [5, 5.41) is 0. The summed E-state index contributed by atoms with van der Waals surface area (Å²) < 4.78 is 40.1. The highest BCUT2D eigenvalue weighted by atomic mass is 19.4. The van der Waals surface area contributed by atoms with Crippen LogP contribution in [-0.4, -0.2) is 43.0 Å². The smallest absolute Gasteiger partial charge is 0.329 e. The van der Waals surface area contributed by atoms with Gasteiger partial charge in [-0.3, -0.25) is 9.64 Å². The predicted octanol–water partition coefficient (Wildman–Crippen LogP) is 3.14. The molecule has 0 unspecified atom stereocenters. The molecule has 0 radical (unpaired) electrons. The Balaban J connectivity index is 2.56. The van der Waals surface area contributed by atoms with E-state index in [1.807, 2.05) is 6.92 Å². The van der Waals surface area contributed by atoms with Crippen molar-refractivity contribution in [3.63, 3.8) is 0 Å². The highest BCUT2D eigenvalue weighted by Crippen LogP contribution is 2.37. The van der Waals surface area contributed by atoms with Crippen LogP contribution in [0, 0.1) is 5.92 Å². The first kappa shape index (κ1) is 17.7. The first-order valence-electron chi connectivity index (χ1n) is 7.52. The van der Waals surface area contributed by atoms with Gasteiger partial charge in [0.2, 0.25) is 0 Å². The Kier molecular flexibility index (Phi) is 6.75. The number of hydrogen-bond acceptors (Lipinski definition) is 3. The minimum Gasteiger partial charge on any atom is -0.329 e. The molecule has 1 aliphatic carbocycles. The van der Waals surface area contributed by atoms with Crippen LogP contribution in [0.3, 0.4) is 0 Å². The molecule has 3 nitrogen and oxygen atoms in total. The second kappa shape index (κ2) is 7.61. The number of ether oxygens (including phenoxy) is 1. The molecule has 0 saturated heterocycles. The Labute approximate surface area is 119 Å². The summed E-state index contributed by atoms with van der Waals surface area (Å²) in [6.45, 7) is 5.32. The van der Waals surface area contributed by atoms with E-state index in [-0.39, 0.29) is 18.7 Å². The average molecular weight is 296 g/mol. The summed E-state index contributed by atoms with van der Waals surface area (Å²) in [6, 6.07) is 0. The van der Waals surface area contributed by atoms with Gasteiger partial charge < -0.3 is 5.73 Å². The molecule has 0 aromatic heterocycles. The molecule has 0 atom stereocenters. The van der Waals surface area contributed by atoms with Gasteiger partial charge in [0, 0.05) is 18.6 Å². The van der Waals surface area contributed by atoms with Crippen LogP contribution in [0.5, 0.6) is 0 Å². The van der Waals surface area contributed by atoms with Crippen LogP contribution in [0.25, 0.3) is 0 Å². The fraction of sp³-hybridized carbons (Fsp3) is 1.00. The van der Waals surface area contributed by atoms with Gasteiger partial charge in [-0.1, -0.05) is 20.3 Å². The SMILES string of the molecule is CCC1CCC(CN)(N(CC)CCOC(F)(F)F)CC1. The molecule has 0 aliphatic heterocycles. The first-order valence-corrected chi connectivity index (χ1v) is 7.52. The number of alkyl halides is 3. The molecule has 1 saturated carbocycles. The van der Waals surface area contributed by atoms with Crippen LogP contribution < -0.4 is 5.73 Å². The fourth-order valence-electron chi connectivity index (χ4n) is 3.27. The number of nitrogens with zero attached hydrogens (tertiary/aromatic N) is 1. The van der Waals surface area contributed by atoms with E-state index in [2.05, 4.69) is 16.6 Å². The molecule has 6 heteroatoms. The van der Waals surface area contributed by atoms with Crippen molar-refractivity contribution in [3.8, 4) is 0 Å². The summed E-state index contributed by atoms with van der Waals surface area (Å²) in [7, 11) is 0. The molecular formula is C14H27F3N2O. The molecule has 0 amide bonds. The zero-order chi connectivity index (χ0) is 15.2. The lowest BCUT2D eigenvalue weighted by Gasteiger charge is -2.47. The lowest BCUT2D eigenvalue weighted by molar-refractivity contribution is -0.325. The van der Waals surface area contributed by atoms with Gasteiger partial charge in [-0.2, -0.15) is 0 Å². The van der Waals surface area contributed by atoms with Crippen molar-refractivity contribution in [2.45, 2.75) is 57.9 Å². The van der Waals surface area contributed by atoms with Gasteiger partial charge in [0.25, 0.3) is 0 Å². The number of likely N-dealkylation sites (N-methyl/N-ethyl adjacent to an activating group) is 1. The maximum Gasteiger partial charge on any atom is 0.522 e. The van der Waals surface area contributed by atoms with Gasteiger partial charge in [-0.25, -0.2) is 0 Å². The van der Waals surface area contributed by atoms with E-state index in [9.17, 15) is 13.2 Å². The third-order valence-corrected chi connectivity index (χ3v) is 4.67. The van der Waals surface area contributed by atoms with Crippen molar-refractivity contribution in [3.05, 3.63) is 0 Å². The van der Waals surface area contributed by atoms with Crippen molar-refractivity contribution >= 4 is 0 Å². The standard InChI is InChI=1S/C14H27F3N2O/c1-3-12-5-7-13(11-18,8-6-12)19(4-2)9-10-20-14(15,16)17/h12H,3-11,18H2,1-2H3. The van der Waals surface area contributed by atoms with E-state index in [0.29, 0.717) is 13.1 Å². The summed E-state index contributed by atoms with van der Waals surface area (Å²) in [5.74, 6) is 0.736. The molecule has 20 heavy (non-hydrogen) atoms. The first-order chi connectivity index (χ1) is 9.37. The van der Waals surface area contributed by atoms with E-state index >= 15 is 0 Å². The molecule has 0 bridgehead atoms. The van der Waals surface area contributed by atoms with E-state index < -0.39 is 6.36 Å². The zero-order valence-electron chi connectivity index (χ0n) is 12.5. The summed E-state index contributed by atoms with van der Waals surface area (Å²) in [6.07, 6.45) is 0.803. The average Bonchev–Trinajstić information content (AvgIpc) is 2.42. The zero-order valence-corrected chi connectivity index (χ0v) is 12.5. The second-order valence-electron chi connectivity index (χ2n) is 5.65. The molecule has 0 spiro atoms. The fourth-order valence-corrected chi connectivity index (χ4v) is 3.27.